The van der Waals surface area contributed by atoms with Gasteiger partial charge in [-0.25, -0.2) is 0 Å². The molecule has 0 bridgehead atoms. The molecule has 0 radical (unpaired) electrons. The highest BCUT2D eigenvalue weighted by Crippen LogP contribution is 2.77. The van der Waals surface area contributed by atoms with Crippen molar-refractivity contribution in [2.75, 3.05) is 7.11 Å². The Bertz CT molecular complexity index is 370. The molecule has 0 heterocycles. The summed E-state index contributed by atoms with van der Waals surface area (Å²) in [6, 6.07) is 0. The van der Waals surface area contributed by atoms with Gasteiger partial charge in [-0.05, 0) is 48.9 Å². The van der Waals surface area contributed by atoms with Gasteiger partial charge in [0, 0.05) is 12.5 Å². The molecular weight excluding hydrogens is 208 g/mol. The molecule has 3 aliphatic rings. The molecule has 0 aromatic rings. The summed E-state index contributed by atoms with van der Waals surface area (Å²) >= 11 is 0. The van der Waals surface area contributed by atoms with Crippen molar-refractivity contribution < 1.29 is 4.74 Å². The topological polar surface area (TPSA) is 9.23 Å². The molecule has 17 heavy (non-hydrogen) atoms. The monoisotopic (exact) mass is 234 g/mol. The predicted octanol–water partition coefficient (Wildman–Crippen LogP) is 4.18. The summed E-state index contributed by atoms with van der Waals surface area (Å²) in [5.74, 6) is 0.792. The van der Waals surface area contributed by atoms with Crippen LogP contribution in [0.1, 0.15) is 52.9 Å². The molecule has 0 aromatic carbocycles. The Morgan fingerprint density at radius 1 is 1.24 bits per heavy atom. The van der Waals surface area contributed by atoms with Gasteiger partial charge in [0.25, 0.3) is 0 Å². The van der Waals surface area contributed by atoms with Crippen LogP contribution in [0.2, 0.25) is 0 Å². The van der Waals surface area contributed by atoms with E-state index in [1.165, 1.54) is 37.7 Å². The predicted molar refractivity (Wildman–Crippen MR) is 70.8 cm³/mol. The minimum atomic E-state index is 0.297. The molecule has 96 valence electrons. The maximum absolute atomic E-state index is 5.90. The first kappa shape index (κ1) is 11.8. The van der Waals surface area contributed by atoms with E-state index in [1.54, 1.807) is 0 Å². The van der Waals surface area contributed by atoms with Crippen LogP contribution >= 0.6 is 0 Å². The molecule has 0 aromatic heterocycles. The highest BCUT2D eigenvalue weighted by molar-refractivity contribution is 5.34. The van der Waals surface area contributed by atoms with Crippen molar-refractivity contribution in [1.29, 1.82) is 0 Å². The van der Waals surface area contributed by atoms with E-state index < -0.39 is 0 Å². The van der Waals surface area contributed by atoms with E-state index in [9.17, 15) is 0 Å². The molecular formula is C16H26O. The molecule has 3 rings (SSSR count). The lowest BCUT2D eigenvalue weighted by Crippen LogP contribution is -2.43. The van der Waals surface area contributed by atoms with Crippen LogP contribution in [0.4, 0.5) is 0 Å². The second-order valence-electron chi connectivity index (χ2n) is 7.55. The van der Waals surface area contributed by atoms with Crippen LogP contribution < -0.4 is 0 Å². The van der Waals surface area contributed by atoms with Crippen LogP contribution in [0.15, 0.2) is 12.2 Å². The van der Waals surface area contributed by atoms with Crippen LogP contribution in [-0.4, -0.2) is 13.2 Å². The fraction of sp³-hybridized carbons (Fsp3) is 0.875. The van der Waals surface area contributed by atoms with Crippen LogP contribution in [0.25, 0.3) is 0 Å². The van der Waals surface area contributed by atoms with E-state index in [2.05, 4.69) is 27.4 Å². The fourth-order valence-electron chi connectivity index (χ4n) is 6.25. The number of rotatable bonds is 1. The van der Waals surface area contributed by atoms with E-state index >= 15 is 0 Å². The minimum absolute atomic E-state index is 0.297. The zero-order chi connectivity index (χ0) is 12.5. The van der Waals surface area contributed by atoms with Gasteiger partial charge in [-0.3, -0.25) is 0 Å². The summed E-state index contributed by atoms with van der Waals surface area (Å²) < 4.78 is 5.90. The Kier molecular flexibility index (Phi) is 2.20. The minimum Gasteiger partial charge on any atom is -0.381 e. The molecule has 1 nitrogen and oxygen atoms in total. The molecule has 4 atom stereocenters. The largest absolute Gasteiger partial charge is 0.381 e. The Morgan fingerprint density at radius 2 is 1.94 bits per heavy atom. The molecule has 0 aliphatic heterocycles. The van der Waals surface area contributed by atoms with Gasteiger partial charge >= 0.3 is 0 Å². The van der Waals surface area contributed by atoms with E-state index in [-0.39, 0.29) is 0 Å². The van der Waals surface area contributed by atoms with Gasteiger partial charge < -0.3 is 4.74 Å². The van der Waals surface area contributed by atoms with Crippen molar-refractivity contribution in [1.82, 2.24) is 0 Å². The van der Waals surface area contributed by atoms with Crippen LogP contribution in [0.3, 0.4) is 0 Å². The maximum atomic E-state index is 5.90. The lowest BCUT2D eigenvalue weighted by Gasteiger charge is -2.43. The lowest BCUT2D eigenvalue weighted by molar-refractivity contribution is -0.0233. The quantitative estimate of drug-likeness (QED) is 0.618. The first-order chi connectivity index (χ1) is 7.88. The Balaban J connectivity index is 2.18. The van der Waals surface area contributed by atoms with Crippen molar-refractivity contribution >= 4 is 0 Å². The summed E-state index contributed by atoms with van der Waals surface area (Å²) in [7, 11) is 1.90. The average molecular weight is 234 g/mol. The molecule has 3 fully saturated rings. The van der Waals surface area contributed by atoms with E-state index in [0.717, 1.165) is 5.92 Å². The normalized spacial score (nSPS) is 51.6. The first-order valence-electron chi connectivity index (χ1n) is 7.09. The smallest absolute Gasteiger partial charge is 0.0672 e. The van der Waals surface area contributed by atoms with Crippen LogP contribution in [0, 0.1) is 22.2 Å². The summed E-state index contributed by atoms with van der Waals surface area (Å²) in [6.07, 6.45) is 6.89. The molecule has 1 spiro atoms. The summed E-state index contributed by atoms with van der Waals surface area (Å²) in [6.45, 7) is 11.9. The maximum Gasteiger partial charge on any atom is 0.0672 e. The van der Waals surface area contributed by atoms with Gasteiger partial charge in [-0.2, -0.15) is 0 Å². The van der Waals surface area contributed by atoms with Crippen molar-refractivity contribution in [2.24, 2.45) is 22.2 Å². The third-order valence-corrected chi connectivity index (χ3v) is 6.41. The van der Waals surface area contributed by atoms with E-state index in [4.69, 9.17) is 4.74 Å². The zero-order valence-electron chi connectivity index (χ0n) is 11.8. The van der Waals surface area contributed by atoms with Gasteiger partial charge in [0.15, 0.2) is 0 Å². The SMILES string of the molecule is C=C1CC[C@@H]2C(C)(C)C[C@@]3(C)CCC(OC)C123. The fourth-order valence-corrected chi connectivity index (χ4v) is 6.25. The number of ether oxygens (including phenoxy) is 1. The Morgan fingerprint density at radius 3 is 2.59 bits per heavy atom. The molecule has 3 aliphatic carbocycles. The van der Waals surface area contributed by atoms with Gasteiger partial charge in [0.2, 0.25) is 0 Å². The number of methoxy groups -OCH3 is 1. The number of hydrogen-bond donors (Lipinski definition) is 0. The average Bonchev–Trinajstić information content (AvgIpc) is 2.75. The highest BCUT2D eigenvalue weighted by atomic mass is 16.5. The van der Waals surface area contributed by atoms with Gasteiger partial charge in [-0.1, -0.05) is 32.9 Å². The highest BCUT2D eigenvalue weighted by Gasteiger charge is 2.72. The lowest BCUT2D eigenvalue weighted by atomic mass is 9.63. The zero-order valence-corrected chi connectivity index (χ0v) is 11.8. The van der Waals surface area contributed by atoms with E-state index in [1.807, 2.05) is 7.11 Å². The second kappa shape index (κ2) is 3.17. The Hall–Kier alpha value is -0.300. The molecule has 3 saturated carbocycles. The van der Waals surface area contributed by atoms with Crippen LogP contribution in [0.5, 0.6) is 0 Å². The Labute approximate surface area is 106 Å². The van der Waals surface area contributed by atoms with E-state index in [0.29, 0.717) is 22.3 Å². The molecule has 2 unspecified atom stereocenters. The molecule has 1 heteroatoms. The first-order valence-corrected chi connectivity index (χ1v) is 7.09. The van der Waals surface area contributed by atoms with Gasteiger partial charge in [-0.15, -0.1) is 0 Å². The standard InChI is InChI=1S/C16H26O/c1-11-6-7-12-14(2,3)10-15(4)9-8-13(17-5)16(11,12)15/h12-13H,1,6-10H2,2-5H3/t12-,13?,15-,16?/m1/s1. The third kappa shape index (κ3) is 1.10. The summed E-state index contributed by atoms with van der Waals surface area (Å²) in [4.78, 5) is 0. The van der Waals surface area contributed by atoms with Gasteiger partial charge in [0.05, 0.1) is 6.10 Å². The van der Waals surface area contributed by atoms with Crippen LogP contribution in [-0.2, 0) is 4.74 Å². The van der Waals surface area contributed by atoms with Crippen molar-refractivity contribution in [3.63, 3.8) is 0 Å². The van der Waals surface area contributed by atoms with Gasteiger partial charge in [0.1, 0.15) is 0 Å². The summed E-state index contributed by atoms with van der Waals surface area (Å²) in [5.41, 5.74) is 2.70. The third-order valence-electron chi connectivity index (χ3n) is 6.41. The molecule has 0 amide bonds. The summed E-state index contributed by atoms with van der Waals surface area (Å²) in [5, 5.41) is 0. The van der Waals surface area contributed by atoms with Crippen molar-refractivity contribution in [3.8, 4) is 0 Å². The second-order valence-corrected chi connectivity index (χ2v) is 7.55. The van der Waals surface area contributed by atoms with Crippen molar-refractivity contribution in [3.05, 3.63) is 12.2 Å². The molecule has 0 N–H and O–H groups in total. The van der Waals surface area contributed by atoms with Crippen molar-refractivity contribution in [2.45, 2.75) is 59.0 Å². The number of hydrogen-bond acceptors (Lipinski definition) is 1. The molecule has 0 saturated heterocycles.